The van der Waals surface area contributed by atoms with Gasteiger partial charge in [-0.25, -0.2) is 0 Å². The number of aliphatic hydroxyl groups is 1. The molecule has 0 aliphatic carbocycles. The van der Waals surface area contributed by atoms with Gasteiger partial charge >= 0.3 is 0 Å². The molecule has 1 N–H and O–H groups in total. The lowest BCUT2D eigenvalue weighted by Crippen LogP contribution is -2.24. The van der Waals surface area contributed by atoms with Crippen molar-refractivity contribution in [3.05, 3.63) is 70.8 Å². The van der Waals surface area contributed by atoms with E-state index in [1.54, 1.807) is 0 Å². The van der Waals surface area contributed by atoms with E-state index in [0.717, 1.165) is 12.1 Å². The van der Waals surface area contributed by atoms with Crippen LogP contribution in [0.3, 0.4) is 0 Å². The largest absolute Gasteiger partial charge is 0.387 e. The molecule has 1 unspecified atom stereocenters. The second-order valence-electron chi connectivity index (χ2n) is 5.54. The highest BCUT2D eigenvalue weighted by molar-refractivity contribution is 5.31. The van der Waals surface area contributed by atoms with E-state index in [0.29, 0.717) is 6.54 Å². The van der Waals surface area contributed by atoms with Crippen molar-refractivity contribution >= 4 is 0 Å². The summed E-state index contributed by atoms with van der Waals surface area (Å²) in [5.41, 5.74) is 4.75. The molecule has 2 rings (SSSR count). The third-order valence-corrected chi connectivity index (χ3v) is 3.70. The van der Waals surface area contributed by atoms with Crippen LogP contribution in [0.4, 0.5) is 0 Å². The van der Waals surface area contributed by atoms with Gasteiger partial charge in [0.05, 0.1) is 6.10 Å². The molecule has 20 heavy (non-hydrogen) atoms. The number of benzene rings is 2. The molecule has 0 saturated carbocycles. The van der Waals surface area contributed by atoms with Crippen LogP contribution >= 0.6 is 0 Å². The maximum Gasteiger partial charge on any atom is 0.0917 e. The monoisotopic (exact) mass is 269 g/mol. The van der Waals surface area contributed by atoms with E-state index in [1.807, 2.05) is 31.3 Å². The molecule has 2 nitrogen and oxygen atoms in total. The Labute approximate surface area is 121 Å². The molecule has 0 aliphatic rings. The van der Waals surface area contributed by atoms with E-state index >= 15 is 0 Å². The van der Waals surface area contributed by atoms with Gasteiger partial charge in [-0.2, -0.15) is 0 Å². The van der Waals surface area contributed by atoms with Crippen LogP contribution in [0.1, 0.15) is 28.4 Å². The topological polar surface area (TPSA) is 23.5 Å². The Morgan fingerprint density at radius 1 is 1.00 bits per heavy atom. The van der Waals surface area contributed by atoms with Gasteiger partial charge in [0.2, 0.25) is 0 Å². The van der Waals surface area contributed by atoms with Crippen molar-refractivity contribution in [2.75, 3.05) is 13.6 Å². The SMILES string of the molecule is Cc1ccc(C(O)CN(C)Cc2ccccc2)cc1C. The minimum absolute atomic E-state index is 0.442. The number of likely N-dealkylation sites (N-methyl/N-ethyl adjacent to an activating group) is 1. The van der Waals surface area contributed by atoms with Crippen molar-refractivity contribution in [2.24, 2.45) is 0 Å². The Balaban J connectivity index is 1.96. The first kappa shape index (κ1) is 14.8. The maximum absolute atomic E-state index is 10.3. The molecule has 2 heteroatoms. The van der Waals surface area contributed by atoms with E-state index < -0.39 is 6.10 Å². The van der Waals surface area contributed by atoms with Crippen LogP contribution in [0, 0.1) is 13.8 Å². The third-order valence-electron chi connectivity index (χ3n) is 3.70. The number of aliphatic hydroxyl groups excluding tert-OH is 1. The summed E-state index contributed by atoms with van der Waals surface area (Å²) in [4.78, 5) is 2.15. The molecule has 2 aromatic carbocycles. The Morgan fingerprint density at radius 3 is 2.35 bits per heavy atom. The molecule has 0 heterocycles. The van der Waals surface area contributed by atoms with Gasteiger partial charge in [0.15, 0.2) is 0 Å². The zero-order chi connectivity index (χ0) is 14.5. The maximum atomic E-state index is 10.3. The first-order valence-corrected chi connectivity index (χ1v) is 7.04. The number of nitrogens with zero attached hydrogens (tertiary/aromatic N) is 1. The predicted molar refractivity (Wildman–Crippen MR) is 83.7 cm³/mol. The minimum atomic E-state index is -0.442. The summed E-state index contributed by atoms with van der Waals surface area (Å²) in [7, 11) is 2.04. The molecule has 0 saturated heterocycles. The van der Waals surface area contributed by atoms with Crippen LogP contribution in [-0.2, 0) is 6.54 Å². The fourth-order valence-corrected chi connectivity index (χ4v) is 2.33. The molecule has 1 atom stereocenters. The Hall–Kier alpha value is -1.64. The number of aryl methyl sites for hydroxylation is 2. The van der Waals surface area contributed by atoms with Crippen molar-refractivity contribution < 1.29 is 5.11 Å². The molecule has 0 fully saturated rings. The van der Waals surface area contributed by atoms with Gasteiger partial charge in [-0.3, -0.25) is 4.90 Å². The first-order chi connectivity index (χ1) is 9.56. The summed E-state index contributed by atoms with van der Waals surface area (Å²) >= 11 is 0. The number of rotatable bonds is 5. The standard InChI is InChI=1S/C18H23NO/c1-14-9-10-17(11-15(14)2)18(20)13-19(3)12-16-7-5-4-6-8-16/h4-11,18,20H,12-13H2,1-3H3. The van der Waals surface area contributed by atoms with E-state index in [9.17, 15) is 5.11 Å². The van der Waals surface area contributed by atoms with Crippen LogP contribution in [0.5, 0.6) is 0 Å². The molecule has 2 aromatic rings. The van der Waals surface area contributed by atoms with Gasteiger partial charge in [0.25, 0.3) is 0 Å². The van der Waals surface area contributed by atoms with E-state index in [4.69, 9.17) is 0 Å². The Kier molecular flexibility index (Phi) is 4.94. The lowest BCUT2D eigenvalue weighted by atomic mass is 10.0. The Bertz CT molecular complexity index is 551. The second kappa shape index (κ2) is 6.69. The highest BCUT2D eigenvalue weighted by atomic mass is 16.3. The van der Waals surface area contributed by atoms with Crippen molar-refractivity contribution in [1.82, 2.24) is 4.90 Å². The lowest BCUT2D eigenvalue weighted by molar-refractivity contribution is 0.124. The smallest absolute Gasteiger partial charge is 0.0917 e. The summed E-state index contributed by atoms with van der Waals surface area (Å²) in [5, 5.41) is 10.3. The lowest BCUT2D eigenvalue weighted by Gasteiger charge is -2.21. The molecule has 0 spiro atoms. The average Bonchev–Trinajstić information content (AvgIpc) is 2.42. The second-order valence-corrected chi connectivity index (χ2v) is 5.54. The minimum Gasteiger partial charge on any atom is -0.387 e. The summed E-state index contributed by atoms with van der Waals surface area (Å²) in [6, 6.07) is 16.5. The van der Waals surface area contributed by atoms with Crippen LogP contribution in [0.15, 0.2) is 48.5 Å². The summed E-state index contributed by atoms with van der Waals surface area (Å²) in [6.45, 7) is 5.66. The van der Waals surface area contributed by atoms with Crippen LogP contribution in [-0.4, -0.2) is 23.6 Å². The molecule has 0 aromatic heterocycles. The highest BCUT2D eigenvalue weighted by Crippen LogP contribution is 2.18. The van der Waals surface area contributed by atoms with Crippen LogP contribution in [0.2, 0.25) is 0 Å². The fourth-order valence-electron chi connectivity index (χ4n) is 2.33. The highest BCUT2D eigenvalue weighted by Gasteiger charge is 2.11. The van der Waals surface area contributed by atoms with Gasteiger partial charge in [0.1, 0.15) is 0 Å². The molecule has 0 radical (unpaired) electrons. The van der Waals surface area contributed by atoms with Gasteiger partial charge in [-0.05, 0) is 43.1 Å². The van der Waals surface area contributed by atoms with E-state index in [2.05, 4.69) is 43.0 Å². The quantitative estimate of drug-likeness (QED) is 0.898. The van der Waals surface area contributed by atoms with Gasteiger partial charge in [-0.1, -0.05) is 48.5 Å². The van der Waals surface area contributed by atoms with Crippen molar-refractivity contribution in [3.63, 3.8) is 0 Å². The van der Waals surface area contributed by atoms with Gasteiger partial charge < -0.3 is 5.11 Å². The average molecular weight is 269 g/mol. The van der Waals surface area contributed by atoms with Crippen molar-refractivity contribution in [2.45, 2.75) is 26.5 Å². The van der Waals surface area contributed by atoms with Crippen LogP contribution < -0.4 is 0 Å². The zero-order valence-corrected chi connectivity index (χ0v) is 12.5. The summed E-state index contributed by atoms with van der Waals surface area (Å²) < 4.78 is 0. The predicted octanol–water partition coefficient (Wildman–Crippen LogP) is 3.47. The van der Waals surface area contributed by atoms with Crippen LogP contribution in [0.25, 0.3) is 0 Å². The molecular weight excluding hydrogens is 246 g/mol. The first-order valence-electron chi connectivity index (χ1n) is 7.04. The third kappa shape index (κ3) is 3.92. The number of hydrogen-bond acceptors (Lipinski definition) is 2. The summed E-state index contributed by atoms with van der Waals surface area (Å²) in [6.07, 6.45) is -0.442. The van der Waals surface area contributed by atoms with Crippen molar-refractivity contribution in [3.8, 4) is 0 Å². The van der Waals surface area contributed by atoms with Gasteiger partial charge in [0, 0.05) is 13.1 Å². The molecule has 0 bridgehead atoms. The zero-order valence-electron chi connectivity index (χ0n) is 12.5. The van der Waals surface area contributed by atoms with E-state index in [1.165, 1.54) is 16.7 Å². The molecule has 106 valence electrons. The van der Waals surface area contributed by atoms with Crippen molar-refractivity contribution in [1.29, 1.82) is 0 Å². The molecule has 0 aliphatic heterocycles. The molecule has 0 amide bonds. The van der Waals surface area contributed by atoms with Gasteiger partial charge in [-0.15, -0.1) is 0 Å². The Morgan fingerprint density at radius 2 is 1.70 bits per heavy atom. The normalized spacial score (nSPS) is 12.7. The fraction of sp³-hybridized carbons (Fsp3) is 0.333. The molecular formula is C18H23NO. The number of hydrogen-bond donors (Lipinski definition) is 1. The van der Waals surface area contributed by atoms with E-state index in [-0.39, 0.29) is 0 Å². The summed E-state index contributed by atoms with van der Waals surface area (Å²) in [5.74, 6) is 0.